The second-order valence-electron chi connectivity index (χ2n) is 5.08. The molecule has 0 atom stereocenters. The predicted molar refractivity (Wildman–Crippen MR) is 79.1 cm³/mol. The highest BCUT2D eigenvalue weighted by Crippen LogP contribution is 2.27. The Morgan fingerprint density at radius 2 is 1.90 bits per heavy atom. The molecule has 0 radical (unpaired) electrons. The highest BCUT2D eigenvalue weighted by molar-refractivity contribution is 7.99. The van der Waals surface area contributed by atoms with Crippen molar-refractivity contribution in [2.24, 2.45) is 5.92 Å². The van der Waals surface area contributed by atoms with Crippen molar-refractivity contribution in [1.82, 2.24) is 15.3 Å². The van der Waals surface area contributed by atoms with Crippen molar-refractivity contribution in [2.45, 2.75) is 30.4 Å². The van der Waals surface area contributed by atoms with Gasteiger partial charge in [0.15, 0.2) is 5.16 Å². The summed E-state index contributed by atoms with van der Waals surface area (Å²) < 4.78 is 26.6. The molecule has 6 heteroatoms. The van der Waals surface area contributed by atoms with Gasteiger partial charge in [-0.2, -0.15) is 0 Å². The molecule has 1 aromatic carbocycles. The Labute approximate surface area is 127 Å². The Balaban J connectivity index is 1.97. The summed E-state index contributed by atoms with van der Waals surface area (Å²) in [7, 11) is 0. The predicted octanol–water partition coefficient (Wildman–Crippen LogP) is 3.65. The number of hydrogen-bond donors (Lipinski definition) is 1. The fraction of sp³-hybridized carbons (Fsp3) is 0.333. The topological polar surface area (TPSA) is 37.8 Å². The molecular formula is C15H17F2N3S. The van der Waals surface area contributed by atoms with E-state index >= 15 is 0 Å². The Bertz CT molecular complexity index is 588. The van der Waals surface area contributed by atoms with Crippen molar-refractivity contribution < 1.29 is 8.78 Å². The van der Waals surface area contributed by atoms with Crippen molar-refractivity contribution >= 4 is 11.8 Å². The summed E-state index contributed by atoms with van der Waals surface area (Å²) in [6, 6.07) is 3.33. The molecule has 0 aliphatic rings. The molecule has 1 aromatic heterocycles. The van der Waals surface area contributed by atoms with Gasteiger partial charge in [-0.15, -0.1) is 0 Å². The normalized spacial score (nSPS) is 11.1. The molecule has 2 aromatic rings. The molecule has 0 aliphatic carbocycles. The Morgan fingerprint density at radius 1 is 1.19 bits per heavy atom. The zero-order valence-electron chi connectivity index (χ0n) is 11.9. The van der Waals surface area contributed by atoms with Crippen molar-refractivity contribution in [3.8, 4) is 0 Å². The highest BCUT2D eigenvalue weighted by Gasteiger charge is 2.08. The highest BCUT2D eigenvalue weighted by atomic mass is 32.2. The zero-order chi connectivity index (χ0) is 15.2. The van der Waals surface area contributed by atoms with Crippen molar-refractivity contribution in [1.29, 1.82) is 0 Å². The fourth-order valence-electron chi connectivity index (χ4n) is 1.65. The summed E-state index contributed by atoms with van der Waals surface area (Å²) in [5.41, 5.74) is 0.958. The van der Waals surface area contributed by atoms with Crippen LogP contribution in [0.5, 0.6) is 0 Å². The smallest absolute Gasteiger partial charge is 0.192 e. The van der Waals surface area contributed by atoms with E-state index in [1.807, 2.05) is 0 Å². The van der Waals surface area contributed by atoms with E-state index in [0.717, 1.165) is 42.1 Å². The average molecular weight is 309 g/mol. The van der Waals surface area contributed by atoms with E-state index in [0.29, 0.717) is 17.6 Å². The van der Waals surface area contributed by atoms with Gasteiger partial charge < -0.3 is 5.32 Å². The van der Waals surface area contributed by atoms with Gasteiger partial charge in [0.25, 0.3) is 0 Å². The third kappa shape index (κ3) is 5.06. The van der Waals surface area contributed by atoms with E-state index in [2.05, 4.69) is 29.1 Å². The van der Waals surface area contributed by atoms with Gasteiger partial charge in [0.2, 0.25) is 0 Å². The molecule has 112 valence electrons. The van der Waals surface area contributed by atoms with E-state index in [1.54, 1.807) is 12.4 Å². The van der Waals surface area contributed by atoms with E-state index in [9.17, 15) is 8.78 Å². The first-order valence-electron chi connectivity index (χ1n) is 6.69. The first-order valence-corrected chi connectivity index (χ1v) is 7.51. The van der Waals surface area contributed by atoms with Crippen LogP contribution < -0.4 is 5.32 Å². The number of aromatic nitrogens is 2. The largest absolute Gasteiger partial charge is 0.312 e. The molecule has 2 rings (SSSR count). The maximum Gasteiger partial charge on any atom is 0.192 e. The summed E-state index contributed by atoms with van der Waals surface area (Å²) in [5, 5.41) is 3.69. The summed E-state index contributed by atoms with van der Waals surface area (Å²) in [5.74, 6) is -0.377. The number of rotatable bonds is 6. The standard InChI is InChI=1S/C15H17F2N3S/c1-10(2)6-18-7-11-8-19-15(20-9-11)21-14-5-12(16)3-4-13(14)17/h3-5,8-10,18H,6-7H2,1-2H3. The lowest BCUT2D eigenvalue weighted by Gasteiger charge is -2.07. The maximum atomic E-state index is 13.5. The lowest BCUT2D eigenvalue weighted by Crippen LogP contribution is -2.19. The number of nitrogens with one attached hydrogen (secondary N) is 1. The molecule has 0 amide bonds. The van der Waals surface area contributed by atoms with E-state index in [1.165, 1.54) is 0 Å². The van der Waals surface area contributed by atoms with Crippen LogP contribution in [0.4, 0.5) is 8.78 Å². The van der Waals surface area contributed by atoms with Gasteiger partial charge in [0.05, 0.1) is 4.90 Å². The zero-order valence-corrected chi connectivity index (χ0v) is 12.8. The molecule has 1 heterocycles. The van der Waals surface area contributed by atoms with Gasteiger partial charge in [-0.05, 0) is 42.4 Å². The minimum atomic E-state index is -0.479. The van der Waals surface area contributed by atoms with Gasteiger partial charge in [0.1, 0.15) is 11.6 Å². The molecule has 1 N–H and O–H groups in total. The van der Waals surface area contributed by atoms with E-state index < -0.39 is 11.6 Å². The molecule has 0 aliphatic heterocycles. The molecule has 0 unspecified atom stereocenters. The quantitative estimate of drug-likeness (QED) is 0.827. The number of halogens is 2. The first kappa shape index (κ1) is 15.9. The molecule has 21 heavy (non-hydrogen) atoms. The summed E-state index contributed by atoms with van der Waals surface area (Å²) in [4.78, 5) is 8.51. The van der Waals surface area contributed by atoms with Crippen LogP contribution in [0.25, 0.3) is 0 Å². The molecule has 0 bridgehead atoms. The van der Waals surface area contributed by atoms with Crippen molar-refractivity contribution in [3.63, 3.8) is 0 Å². The number of benzene rings is 1. The second-order valence-corrected chi connectivity index (χ2v) is 6.08. The SMILES string of the molecule is CC(C)CNCc1cnc(Sc2cc(F)ccc2F)nc1. The first-order chi connectivity index (χ1) is 10.0. The van der Waals surface area contributed by atoms with Gasteiger partial charge in [-0.1, -0.05) is 13.8 Å². The molecular weight excluding hydrogens is 292 g/mol. The minimum Gasteiger partial charge on any atom is -0.312 e. The van der Waals surface area contributed by atoms with Crippen LogP contribution in [0.15, 0.2) is 40.6 Å². The van der Waals surface area contributed by atoms with Crippen LogP contribution in [0.2, 0.25) is 0 Å². The second kappa shape index (κ2) is 7.47. The van der Waals surface area contributed by atoms with Gasteiger partial charge in [-0.3, -0.25) is 0 Å². The van der Waals surface area contributed by atoms with E-state index in [4.69, 9.17) is 0 Å². The molecule has 0 saturated heterocycles. The third-order valence-corrected chi connectivity index (χ3v) is 3.58. The van der Waals surface area contributed by atoms with Crippen molar-refractivity contribution in [3.05, 3.63) is 47.8 Å². The average Bonchev–Trinajstić information content (AvgIpc) is 2.44. The maximum absolute atomic E-state index is 13.5. The summed E-state index contributed by atoms with van der Waals surface area (Å²) >= 11 is 1.01. The number of hydrogen-bond acceptors (Lipinski definition) is 4. The Hall–Kier alpha value is -1.53. The van der Waals surface area contributed by atoms with Crippen LogP contribution in [0.1, 0.15) is 19.4 Å². The molecule has 0 fully saturated rings. The molecule has 3 nitrogen and oxygen atoms in total. The monoisotopic (exact) mass is 309 g/mol. The lowest BCUT2D eigenvalue weighted by molar-refractivity contribution is 0.550. The van der Waals surface area contributed by atoms with Gasteiger partial charge >= 0.3 is 0 Å². The van der Waals surface area contributed by atoms with Gasteiger partial charge in [-0.25, -0.2) is 18.7 Å². The van der Waals surface area contributed by atoms with Crippen LogP contribution in [-0.2, 0) is 6.54 Å². The van der Waals surface area contributed by atoms with Crippen LogP contribution in [-0.4, -0.2) is 16.5 Å². The Morgan fingerprint density at radius 3 is 2.57 bits per heavy atom. The Kier molecular flexibility index (Phi) is 5.64. The summed E-state index contributed by atoms with van der Waals surface area (Å²) in [6.07, 6.45) is 3.39. The van der Waals surface area contributed by atoms with Crippen LogP contribution in [0.3, 0.4) is 0 Å². The summed E-state index contributed by atoms with van der Waals surface area (Å²) in [6.45, 7) is 5.88. The van der Waals surface area contributed by atoms with E-state index in [-0.39, 0.29) is 4.90 Å². The van der Waals surface area contributed by atoms with Crippen molar-refractivity contribution in [2.75, 3.05) is 6.54 Å². The minimum absolute atomic E-state index is 0.181. The molecule has 0 saturated carbocycles. The van der Waals surface area contributed by atoms with Crippen LogP contribution >= 0.6 is 11.8 Å². The lowest BCUT2D eigenvalue weighted by atomic mass is 10.2. The van der Waals surface area contributed by atoms with Crippen LogP contribution in [0, 0.1) is 17.6 Å². The number of nitrogens with zero attached hydrogens (tertiary/aromatic N) is 2. The third-order valence-electron chi connectivity index (χ3n) is 2.66. The molecule has 0 spiro atoms. The van der Waals surface area contributed by atoms with Gasteiger partial charge in [0, 0.05) is 24.5 Å². The fourth-order valence-corrected chi connectivity index (χ4v) is 2.39.